The lowest BCUT2D eigenvalue weighted by molar-refractivity contribution is -0.642. The topological polar surface area (TPSA) is 64.4 Å². The number of imidazole rings is 1. The molecule has 1 aliphatic rings. The van der Waals surface area contributed by atoms with Gasteiger partial charge < -0.3 is 9.13 Å². The molecule has 28 heavy (non-hydrogen) atoms. The second-order valence-corrected chi connectivity index (χ2v) is 7.23. The molecule has 0 amide bonds. The van der Waals surface area contributed by atoms with Crippen LogP contribution in [-0.4, -0.2) is 24.3 Å². The van der Waals surface area contributed by atoms with Gasteiger partial charge in [-0.15, -0.1) is 10.2 Å². The second kappa shape index (κ2) is 6.60. The standard InChI is InChI=1S/C21H22N7/c1-15-16(2)27(13-22-15)20-8-10-26(11-9-20)25-18-5-3-4-17(12-18)21-24-23-14-28(21)19-6-7-19/h3-5,8-14,19,25H,6-7H2,1-2H3/q+1. The Hall–Kier alpha value is -3.48. The van der Waals surface area contributed by atoms with Gasteiger partial charge in [-0.2, -0.15) is 5.43 Å². The number of aromatic nitrogens is 6. The first-order chi connectivity index (χ1) is 13.7. The molecule has 4 aromatic rings. The normalized spacial score (nSPS) is 13.6. The molecule has 1 aromatic carbocycles. The molecular formula is C21H22N7+. The molecule has 0 unspecified atom stereocenters. The molecule has 0 atom stereocenters. The monoisotopic (exact) mass is 372 g/mol. The average Bonchev–Trinajstić information content (AvgIpc) is 3.35. The van der Waals surface area contributed by atoms with Gasteiger partial charge in [0.15, 0.2) is 5.82 Å². The highest BCUT2D eigenvalue weighted by atomic mass is 15.4. The number of hydrogen-bond acceptors (Lipinski definition) is 4. The predicted octanol–water partition coefficient (Wildman–Crippen LogP) is 3.25. The van der Waals surface area contributed by atoms with Crippen LogP contribution in [0.5, 0.6) is 0 Å². The second-order valence-electron chi connectivity index (χ2n) is 7.23. The lowest BCUT2D eigenvalue weighted by atomic mass is 10.2. The largest absolute Gasteiger partial charge is 0.310 e. The van der Waals surface area contributed by atoms with Crippen molar-refractivity contribution in [3.63, 3.8) is 0 Å². The van der Waals surface area contributed by atoms with Crippen LogP contribution < -0.4 is 10.1 Å². The fourth-order valence-electron chi connectivity index (χ4n) is 3.36. The fourth-order valence-corrected chi connectivity index (χ4v) is 3.36. The van der Waals surface area contributed by atoms with E-state index in [4.69, 9.17) is 0 Å². The molecule has 5 rings (SSSR count). The molecule has 3 heterocycles. The van der Waals surface area contributed by atoms with Crippen LogP contribution in [0, 0.1) is 13.8 Å². The number of nitrogens with one attached hydrogen (secondary N) is 1. The summed E-state index contributed by atoms with van der Waals surface area (Å²) in [5, 5.41) is 8.42. The van der Waals surface area contributed by atoms with Gasteiger partial charge in [-0.1, -0.05) is 16.8 Å². The van der Waals surface area contributed by atoms with Gasteiger partial charge in [-0.25, -0.2) is 4.98 Å². The Balaban J connectivity index is 1.38. The van der Waals surface area contributed by atoms with Crippen LogP contribution in [0.4, 0.5) is 5.69 Å². The Bertz CT molecular complexity index is 1120. The molecule has 140 valence electrons. The number of hydrogen-bond donors (Lipinski definition) is 1. The summed E-state index contributed by atoms with van der Waals surface area (Å²) in [6.45, 7) is 4.10. The predicted molar refractivity (Wildman–Crippen MR) is 106 cm³/mol. The molecule has 1 N–H and O–H groups in total. The maximum atomic E-state index is 4.37. The smallest absolute Gasteiger partial charge is 0.201 e. The number of pyridine rings is 1. The van der Waals surface area contributed by atoms with Gasteiger partial charge in [-0.3, -0.25) is 0 Å². The zero-order chi connectivity index (χ0) is 19.1. The van der Waals surface area contributed by atoms with Crippen LogP contribution in [0.15, 0.2) is 61.4 Å². The third-order valence-electron chi connectivity index (χ3n) is 5.23. The molecule has 0 aliphatic heterocycles. The Morgan fingerprint density at radius 2 is 1.89 bits per heavy atom. The zero-order valence-corrected chi connectivity index (χ0v) is 15.9. The van der Waals surface area contributed by atoms with Crippen molar-refractivity contribution >= 4 is 5.69 Å². The van der Waals surface area contributed by atoms with Gasteiger partial charge in [0.2, 0.25) is 12.4 Å². The first kappa shape index (κ1) is 16.7. The molecule has 0 saturated heterocycles. The van der Waals surface area contributed by atoms with E-state index in [9.17, 15) is 0 Å². The van der Waals surface area contributed by atoms with Crippen molar-refractivity contribution in [2.45, 2.75) is 32.7 Å². The van der Waals surface area contributed by atoms with Crippen LogP contribution in [0.25, 0.3) is 17.1 Å². The molecule has 1 aliphatic carbocycles. The van der Waals surface area contributed by atoms with E-state index in [0.29, 0.717) is 6.04 Å². The van der Waals surface area contributed by atoms with Crippen LogP contribution in [0.3, 0.4) is 0 Å². The molecule has 0 bridgehead atoms. The van der Waals surface area contributed by atoms with Gasteiger partial charge >= 0.3 is 0 Å². The first-order valence-electron chi connectivity index (χ1n) is 9.48. The van der Waals surface area contributed by atoms with E-state index in [1.54, 1.807) is 0 Å². The summed E-state index contributed by atoms with van der Waals surface area (Å²) >= 11 is 0. The summed E-state index contributed by atoms with van der Waals surface area (Å²) in [7, 11) is 0. The maximum absolute atomic E-state index is 4.37. The molecular weight excluding hydrogens is 350 g/mol. The van der Waals surface area contributed by atoms with E-state index >= 15 is 0 Å². The Kier molecular flexibility index (Phi) is 3.93. The molecule has 0 radical (unpaired) electrons. The highest BCUT2D eigenvalue weighted by Crippen LogP contribution is 2.37. The molecule has 7 nitrogen and oxygen atoms in total. The number of benzene rings is 1. The summed E-state index contributed by atoms with van der Waals surface area (Å²) in [5.74, 6) is 0.928. The van der Waals surface area contributed by atoms with Crippen molar-refractivity contribution in [3.05, 3.63) is 72.8 Å². The van der Waals surface area contributed by atoms with E-state index in [0.717, 1.165) is 34.2 Å². The van der Waals surface area contributed by atoms with Crippen molar-refractivity contribution in [2.24, 2.45) is 0 Å². The van der Waals surface area contributed by atoms with Crippen LogP contribution in [-0.2, 0) is 0 Å². The minimum Gasteiger partial charge on any atom is -0.310 e. The van der Waals surface area contributed by atoms with E-state index in [1.807, 2.05) is 48.8 Å². The highest BCUT2D eigenvalue weighted by Gasteiger charge is 2.26. The fraction of sp³-hybridized carbons (Fsp3) is 0.238. The summed E-state index contributed by atoms with van der Waals surface area (Å²) in [5.41, 5.74) is 8.75. The molecule has 0 spiro atoms. The minimum absolute atomic E-state index is 0.554. The third-order valence-corrected chi connectivity index (χ3v) is 5.23. The van der Waals surface area contributed by atoms with E-state index < -0.39 is 0 Å². The summed E-state index contributed by atoms with van der Waals surface area (Å²) in [6, 6.07) is 12.9. The summed E-state index contributed by atoms with van der Waals surface area (Å²) < 4.78 is 6.20. The average molecular weight is 372 g/mol. The van der Waals surface area contributed by atoms with Gasteiger partial charge in [0, 0.05) is 29.4 Å². The molecule has 1 fully saturated rings. The maximum Gasteiger partial charge on any atom is 0.201 e. The number of nitrogens with zero attached hydrogens (tertiary/aromatic N) is 6. The highest BCUT2D eigenvalue weighted by molar-refractivity contribution is 5.62. The summed E-state index contributed by atoms with van der Waals surface area (Å²) in [4.78, 5) is 4.37. The van der Waals surface area contributed by atoms with Crippen molar-refractivity contribution in [1.82, 2.24) is 24.3 Å². The van der Waals surface area contributed by atoms with Gasteiger partial charge in [0.25, 0.3) is 0 Å². The number of anilines is 1. The lowest BCUT2D eigenvalue weighted by Gasteiger charge is -2.07. The minimum atomic E-state index is 0.554. The third kappa shape index (κ3) is 3.05. The quantitative estimate of drug-likeness (QED) is 0.546. The first-order valence-corrected chi connectivity index (χ1v) is 9.48. The van der Waals surface area contributed by atoms with Crippen LogP contribution in [0.2, 0.25) is 0 Å². The van der Waals surface area contributed by atoms with Crippen LogP contribution >= 0.6 is 0 Å². The molecule has 7 heteroatoms. The zero-order valence-electron chi connectivity index (χ0n) is 15.9. The van der Waals surface area contributed by atoms with E-state index in [2.05, 4.69) is 60.9 Å². The number of aryl methyl sites for hydroxylation is 1. The lowest BCUT2D eigenvalue weighted by Crippen LogP contribution is -2.41. The number of rotatable bonds is 5. The van der Waals surface area contributed by atoms with Crippen molar-refractivity contribution in [3.8, 4) is 17.1 Å². The van der Waals surface area contributed by atoms with E-state index in [-0.39, 0.29) is 0 Å². The Morgan fingerprint density at radius 1 is 1.07 bits per heavy atom. The van der Waals surface area contributed by atoms with Gasteiger partial charge in [0.1, 0.15) is 6.33 Å². The SMILES string of the molecule is Cc1ncn(-c2cc[n+](Nc3cccc(-c4nncn4C4CC4)c3)cc2)c1C. The van der Waals surface area contributed by atoms with Crippen molar-refractivity contribution < 1.29 is 4.68 Å². The van der Waals surface area contributed by atoms with Gasteiger partial charge in [0.05, 0.1) is 23.4 Å². The molecule has 3 aromatic heterocycles. The van der Waals surface area contributed by atoms with E-state index in [1.165, 1.54) is 12.8 Å². The molecule has 1 saturated carbocycles. The van der Waals surface area contributed by atoms with Crippen LogP contribution in [0.1, 0.15) is 30.3 Å². The Labute approximate surface area is 163 Å². The van der Waals surface area contributed by atoms with Crippen molar-refractivity contribution in [2.75, 3.05) is 5.43 Å². The Morgan fingerprint density at radius 3 is 2.61 bits per heavy atom. The van der Waals surface area contributed by atoms with Gasteiger partial charge in [-0.05, 0) is 38.8 Å². The summed E-state index contributed by atoms with van der Waals surface area (Å²) in [6.07, 6.45) is 10.1. The van der Waals surface area contributed by atoms with Crippen molar-refractivity contribution in [1.29, 1.82) is 0 Å².